The fourth-order valence-corrected chi connectivity index (χ4v) is 3.27. The SMILES string of the molecule is CC(C)(C)C1OCCCC1CNC(=O)C1CC(F)(F)CN1.Cl. The number of nitrogens with one attached hydrogen (secondary N) is 2. The molecule has 0 radical (unpaired) electrons. The molecule has 2 N–H and O–H groups in total. The van der Waals surface area contributed by atoms with Crippen LogP contribution in [0, 0.1) is 11.3 Å². The molecule has 22 heavy (non-hydrogen) atoms. The molecule has 4 nitrogen and oxygen atoms in total. The number of carbonyl (C=O) groups is 1. The first-order valence-electron chi connectivity index (χ1n) is 7.69. The van der Waals surface area contributed by atoms with Gasteiger partial charge in [0.15, 0.2) is 0 Å². The number of amides is 1. The number of hydrogen-bond donors (Lipinski definition) is 2. The number of carbonyl (C=O) groups excluding carboxylic acids is 1. The maximum atomic E-state index is 13.1. The molecule has 3 atom stereocenters. The van der Waals surface area contributed by atoms with Gasteiger partial charge in [-0.3, -0.25) is 10.1 Å². The summed E-state index contributed by atoms with van der Waals surface area (Å²) >= 11 is 0. The lowest BCUT2D eigenvalue weighted by Crippen LogP contribution is -2.48. The van der Waals surface area contributed by atoms with E-state index in [0.717, 1.165) is 19.4 Å². The third-order valence-corrected chi connectivity index (χ3v) is 4.26. The van der Waals surface area contributed by atoms with Crippen LogP contribution in [0.4, 0.5) is 8.78 Å². The van der Waals surface area contributed by atoms with Gasteiger partial charge in [-0.15, -0.1) is 12.4 Å². The van der Waals surface area contributed by atoms with Crippen molar-refractivity contribution in [3.63, 3.8) is 0 Å². The van der Waals surface area contributed by atoms with Crippen molar-refractivity contribution in [2.24, 2.45) is 11.3 Å². The fourth-order valence-electron chi connectivity index (χ4n) is 3.27. The van der Waals surface area contributed by atoms with E-state index in [-0.39, 0.29) is 35.8 Å². The molecule has 7 heteroatoms. The Morgan fingerprint density at radius 3 is 2.64 bits per heavy atom. The zero-order chi connectivity index (χ0) is 15.7. The number of rotatable bonds is 3. The quantitative estimate of drug-likeness (QED) is 0.829. The standard InChI is InChI=1S/C15H26F2N2O2.ClH/c1-14(2,3)12-10(5-4-6-21-12)8-18-13(20)11-7-15(16,17)9-19-11;/h10-12,19H,4-9H2,1-3H3,(H,18,20);1H. The van der Waals surface area contributed by atoms with Crippen LogP contribution in [-0.2, 0) is 9.53 Å². The molecule has 0 saturated carbocycles. The topological polar surface area (TPSA) is 50.4 Å². The van der Waals surface area contributed by atoms with Crippen LogP contribution in [-0.4, -0.2) is 43.7 Å². The first-order chi connectivity index (χ1) is 9.69. The summed E-state index contributed by atoms with van der Waals surface area (Å²) in [6, 6.07) is -0.780. The summed E-state index contributed by atoms with van der Waals surface area (Å²) in [5, 5.41) is 5.40. The number of hydrogen-bond acceptors (Lipinski definition) is 3. The predicted octanol–water partition coefficient (Wildman–Crippen LogP) is 2.36. The highest BCUT2D eigenvalue weighted by Gasteiger charge is 2.42. The molecule has 130 valence electrons. The highest BCUT2D eigenvalue weighted by molar-refractivity contribution is 5.85. The Morgan fingerprint density at radius 2 is 2.09 bits per heavy atom. The highest BCUT2D eigenvalue weighted by atomic mass is 35.5. The summed E-state index contributed by atoms with van der Waals surface area (Å²) in [6.45, 7) is 7.19. The molecule has 2 saturated heterocycles. The van der Waals surface area contributed by atoms with Gasteiger partial charge in [0.25, 0.3) is 5.92 Å². The van der Waals surface area contributed by atoms with E-state index in [0.29, 0.717) is 6.54 Å². The van der Waals surface area contributed by atoms with Gasteiger partial charge in [0.2, 0.25) is 5.91 Å². The summed E-state index contributed by atoms with van der Waals surface area (Å²) in [7, 11) is 0. The number of ether oxygens (including phenoxy) is 1. The minimum Gasteiger partial charge on any atom is -0.377 e. The molecule has 1 amide bonds. The van der Waals surface area contributed by atoms with Gasteiger partial charge in [-0.1, -0.05) is 20.8 Å². The predicted molar refractivity (Wildman–Crippen MR) is 83.5 cm³/mol. The number of alkyl halides is 2. The van der Waals surface area contributed by atoms with Gasteiger partial charge in [0, 0.05) is 25.5 Å². The van der Waals surface area contributed by atoms with Crippen LogP contribution >= 0.6 is 12.4 Å². The first-order valence-corrected chi connectivity index (χ1v) is 7.69. The van der Waals surface area contributed by atoms with E-state index >= 15 is 0 Å². The van der Waals surface area contributed by atoms with Crippen molar-refractivity contribution in [3.05, 3.63) is 0 Å². The molecule has 3 unspecified atom stereocenters. The smallest absolute Gasteiger partial charge is 0.262 e. The second-order valence-corrected chi connectivity index (χ2v) is 7.30. The van der Waals surface area contributed by atoms with Gasteiger partial charge in [0.05, 0.1) is 18.7 Å². The van der Waals surface area contributed by atoms with Gasteiger partial charge in [0.1, 0.15) is 0 Å². The fraction of sp³-hybridized carbons (Fsp3) is 0.933. The zero-order valence-electron chi connectivity index (χ0n) is 13.5. The summed E-state index contributed by atoms with van der Waals surface area (Å²) in [6.07, 6.45) is 1.65. The molecule has 0 bridgehead atoms. The Kier molecular flexibility index (Phi) is 6.59. The van der Waals surface area contributed by atoms with Crippen LogP contribution in [0.5, 0.6) is 0 Å². The first kappa shape index (κ1) is 19.6. The van der Waals surface area contributed by atoms with Gasteiger partial charge >= 0.3 is 0 Å². The minimum atomic E-state index is -2.77. The third kappa shape index (κ3) is 5.03. The Balaban J connectivity index is 0.00000242. The van der Waals surface area contributed by atoms with Gasteiger partial charge in [-0.05, 0) is 18.3 Å². The van der Waals surface area contributed by atoms with Crippen molar-refractivity contribution in [2.45, 2.75) is 58.1 Å². The lowest BCUT2D eigenvalue weighted by atomic mass is 9.78. The van der Waals surface area contributed by atoms with Gasteiger partial charge in [-0.25, -0.2) is 8.78 Å². The van der Waals surface area contributed by atoms with Crippen molar-refractivity contribution >= 4 is 18.3 Å². The molecular formula is C15H27ClF2N2O2. The molecule has 0 aliphatic carbocycles. The second kappa shape index (κ2) is 7.41. The molecule has 0 aromatic rings. The van der Waals surface area contributed by atoms with Crippen LogP contribution in [0.2, 0.25) is 0 Å². The second-order valence-electron chi connectivity index (χ2n) is 7.30. The summed E-state index contributed by atoms with van der Waals surface area (Å²) in [5.41, 5.74) is 0.00839. The van der Waals surface area contributed by atoms with Crippen molar-refractivity contribution < 1.29 is 18.3 Å². The van der Waals surface area contributed by atoms with Crippen LogP contribution in [0.1, 0.15) is 40.0 Å². The van der Waals surface area contributed by atoms with Gasteiger partial charge in [-0.2, -0.15) is 0 Å². The zero-order valence-corrected chi connectivity index (χ0v) is 14.3. The Hall–Kier alpha value is -0.460. The Bertz CT molecular complexity index is 388. The number of halogens is 3. The molecule has 0 aromatic heterocycles. The average Bonchev–Trinajstić information content (AvgIpc) is 2.76. The van der Waals surface area contributed by atoms with E-state index in [2.05, 4.69) is 31.4 Å². The van der Waals surface area contributed by atoms with Crippen LogP contribution in [0.3, 0.4) is 0 Å². The monoisotopic (exact) mass is 340 g/mol. The van der Waals surface area contributed by atoms with E-state index in [9.17, 15) is 13.6 Å². The molecular weight excluding hydrogens is 314 g/mol. The molecule has 0 spiro atoms. The lowest BCUT2D eigenvalue weighted by Gasteiger charge is -2.40. The lowest BCUT2D eigenvalue weighted by molar-refractivity contribution is -0.125. The highest BCUT2D eigenvalue weighted by Crippen LogP contribution is 2.33. The molecule has 2 aliphatic rings. The molecule has 2 fully saturated rings. The maximum Gasteiger partial charge on any atom is 0.262 e. The molecule has 2 heterocycles. The third-order valence-electron chi connectivity index (χ3n) is 4.26. The van der Waals surface area contributed by atoms with E-state index in [1.165, 1.54) is 0 Å². The molecule has 0 aromatic carbocycles. The van der Waals surface area contributed by atoms with Crippen LogP contribution < -0.4 is 10.6 Å². The summed E-state index contributed by atoms with van der Waals surface area (Å²) in [4.78, 5) is 12.0. The Morgan fingerprint density at radius 1 is 1.41 bits per heavy atom. The van der Waals surface area contributed by atoms with E-state index in [1.54, 1.807) is 0 Å². The maximum absolute atomic E-state index is 13.1. The average molecular weight is 341 g/mol. The summed E-state index contributed by atoms with van der Waals surface area (Å²) in [5.74, 6) is -2.86. The largest absolute Gasteiger partial charge is 0.377 e. The van der Waals surface area contributed by atoms with Crippen molar-refractivity contribution in [1.29, 1.82) is 0 Å². The van der Waals surface area contributed by atoms with Gasteiger partial charge < -0.3 is 10.1 Å². The van der Waals surface area contributed by atoms with E-state index < -0.39 is 24.9 Å². The van der Waals surface area contributed by atoms with Crippen molar-refractivity contribution in [3.8, 4) is 0 Å². The van der Waals surface area contributed by atoms with Crippen molar-refractivity contribution in [2.75, 3.05) is 19.7 Å². The normalized spacial score (nSPS) is 31.4. The van der Waals surface area contributed by atoms with E-state index in [1.807, 2.05) is 0 Å². The summed E-state index contributed by atoms with van der Waals surface area (Å²) < 4.78 is 32.1. The van der Waals surface area contributed by atoms with Crippen LogP contribution in [0.15, 0.2) is 0 Å². The van der Waals surface area contributed by atoms with E-state index in [4.69, 9.17) is 4.74 Å². The molecule has 2 aliphatic heterocycles. The molecule has 2 rings (SSSR count). The van der Waals surface area contributed by atoms with Crippen molar-refractivity contribution in [1.82, 2.24) is 10.6 Å². The van der Waals surface area contributed by atoms with Crippen LogP contribution in [0.25, 0.3) is 0 Å². The Labute approximate surface area is 137 Å². The minimum absolute atomic E-state index is 0.